The molecule has 0 aliphatic carbocycles. The zero-order valence-corrected chi connectivity index (χ0v) is 20.1. The number of phenolic OH excluding ortho intramolecular Hbond substituents is 1. The lowest BCUT2D eigenvalue weighted by molar-refractivity contribution is 0.0729. The highest BCUT2D eigenvalue weighted by atomic mass is 79.9. The SMILES string of the molecule is COc1ccc(C(=O)Oc2ccc(/C=N\NC(=O)c3cc(Br)ccc3O)cc2OC)cc1OC. The van der Waals surface area contributed by atoms with Crippen LogP contribution in [-0.4, -0.2) is 44.5 Å². The lowest BCUT2D eigenvalue weighted by atomic mass is 10.2. The molecular formula is C24H21BrN2O7. The van der Waals surface area contributed by atoms with Gasteiger partial charge in [0.1, 0.15) is 5.75 Å². The zero-order valence-electron chi connectivity index (χ0n) is 18.5. The number of amides is 1. The molecule has 0 heterocycles. The van der Waals surface area contributed by atoms with Gasteiger partial charge in [-0.25, -0.2) is 10.2 Å². The zero-order chi connectivity index (χ0) is 24.7. The third-order valence-corrected chi connectivity index (χ3v) is 5.09. The largest absolute Gasteiger partial charge is 0.507 e. The number of hydrogen-bond donors (Lipinski definition) is 2. The third kappa shape index (κ3) is 5.84. The van der Waals surface area contributed by atoms with E-state index in [0.29, 0.717) is 21.5 Å². The molecule has 1 amide bonds. The Morgan fingerprint density at radius 1 is 0.882 bits per heavy atom. The van der Waals surface area contributed by atoms with E-state index in [1.165, 1.54) is 45.7 Å². The summed E-state index contributed by atoms with van der Waals surface area (Å²) in [5.41, 5.74) is 3.25. The lowest BCUT2D eigenvalue weighted by Crippen LogP contribution is -2.17. The number of hydrogen-bond acceptors (Lipinski definition) is 8. The Bertz CT molecular complexity index is 1240. The number of halogens is 1. The summed E-state index contributed by atoms with van der Waals surface area (Å²) in [6, 6.07) is 13.9. The molecule has 0 aliphatic heterocycles. The molecule has 3 aromatic rings. The van der Waals surface area contributed by atoms with Crippen molar-refractivity contribution in [2.75, 3.05) is 21.3 Å². The summed E-state index contributed by atoms with van der Waals surface area (Å²) >= 11 is 3.25. The monoisotopic (exact) mass is 528 g/mol. The van der Waals surface area contributed by atoms with Gasteiger partial charge >= 0.3 is 5.97 Å². The average Bonchev–Trinajstić information content (AvgIpc) is 2.85. The van der Waals surface area contributed by atoms with Crippen molar-refractivity contribution in [3.63, 3.8) is 0 Å². The van der Waals surface area contributed by atoms with Crippen molar-refractivity contribution >= 4 is 34.0 Å². The van der Waals surface area contributed by atoms with E-state index in [1.807, 2.05) is 0 Å². The van der Waals surface area contributed by atoms with Crippen molar-refractivity contribution in [1.82, 2.24) is 5.43 Å². The van der Waals surface area contributed by atoms with Crippen LogP contribution in [0.25, 0.3) is 0 Å². The van der Waals surface area contributed by atoms with Crippen molar-refractivity contribution in [3.8, 4) is 28.7 Å². The van der Waals surface area contributed by atoms with Gasteiger partial charge in [0, 0.05) is 4.47 Å². The van der Waals surface area contributed by atoms with Crippen LogP contribution in [0, 0.1) is 0 Å². The Labute approximate surface area is 204 Å². The highest BCUT2D eigenvalue weighted by Crippen LogP contribution is 2.31. The van der Waals surface area contributed by atoms with Crippen LogP contribution >= 0.6 is 15.9 Å². The second-order valence-corrected chi connectivity index (χ2v) is 7.65. The summed E-state index contributed by atoms with van der Waals surface area (Å²) in [7, 11) is 4.41. The van der Waals surface area contributed by atoms with E-state index in [2.05, 4.69) is 26.5 Å². The first-order chi connectivity index (χ1) is 16.4. The summed E-state index contributed by atoms with van der Waals surface area (Å²) in [5, 5.41) is 13.7. The van der Waals surface area contributed by atoms with E-state index in [-0.39, 0.29) is 28.4 Å². The Kier molecular flexibility index (Phi) is 8.10. The van der Waals surface area contributed by atoms with Crippen molar-refractivity contribution < 1.29 is 33.6 Å². The third-order valence-electron chi connectivity index (χ3n) is 4.59. The van der Waals surface area contributed by atoms with Gasteiger partial charge in [-0.1, -0.05) is 15.9 Å². The first-order valence-corrected chi connectivity index (χ1v) is 10.6. The molecule has 34 heavy (non-hydrogen) atoms. The number of benzene rings is 3. The molecule has 0 atom stereocenters. The molecule has 176 valence electrons. The highest BCUT2D eigenvalue weighted by molar-refractivity contribution is 9.10. The molecular weight excluding hydrogens is 508 g/mol. The van der Waals surface area contributed by atoms with Gasteiger partial charge in [-0.2, -0.15) is 5.10 Å². The number of phenols is 1. The Hall–Kier alpha value is -4.05. The molecule has 0 saturated carbocycles. The van der Waals surface area contributed by atoms with Crippen LogP contribution in [0.5, 0.6) is 28.7 Å². The van der Waals surface area contributed by atoms with Crippen molar-refractivity contribution in [3.05, 3.63) is 75.8 Å². The quantitative estimate of drug-likeness (QED) is 0.195. The maximum Gasteiger partial charge on any atom is 0.343 e. The first kappa shape index (κ1) is 24.6. The van der Waals surface area contributed by atoms with E-state index in [1.54, 1.807) is 36.4 Å². The smallest absolute Gasteiger partial charge is 0.343 e. The number of methoxy groups -OCH3 is 3. The van der Waals surface area contributed by atoms with Gasteiger partial charge in [-0.15, -0.1) is 0 Å². The molecule has 0 spiro atoms. The molecule has 10 heteroatoms. The van der Waals surface area contributed by atoms with Gasteiger partial charge in [0.2, 0.25) is 0 Å². The molecule has 0 bridgehead atoms. The minimum Gasteiger partial charge on any atom is -0.507 e. The summed E-state index contributed by atoms with van der Waals surface area (Å²) in [5.74, 6) is 0.00917. The van der Waals surface area contributed by atoms with E-state index in [0.717, 1.165) is 0 Å². The number of aromatic hydroxyl groups is 1. The van der Waals surface area contributed by atoms with Gasteiger partial charge in [0.15, 0.2) is 23.0 Å². The average molecular weight is 529 g/mol. The molecule has 0 aliphatic rings. The molecule has 3 rings (SSSR count). The van der Waals surface area contributed by atoms with E-state index in [4.69, 9.17) is 18.9 Å². The number of rotatable bonds is 8. The van der Waals surface area contributed by atoms with Crippen LogP contribution in [0.2, 0.25) is 0 Å². The number of carbonyl (C=O) groups is 2. The topological polar surface area (TPSA) is 116 Å². The summed E-state index contributed by atoms with van der Waals surface area (Å²) in [6.07, 6.45) is 1.38. The number of hydrazone groups is 1. The number of ether oxygens (including phenoxy) is 4. The van der Waals surface area contributed by atoms with Crippen LogP contribution in [0.3, 0.4) is 0 Å². The number of carbonyl (C=O) groups excluding carboxylic acids is 2. The Morgan fingerprint density at radius 3 is 2.26 bits per heavy atom. The fraction of sp³-hybridized carbons (Fsp3) is 0.125. The standard InChI is InChI=1S/C24H21BrN2O7/c1-31-19-9-5-15(11-22(19)33-3)24(30)34-20-8-4-14(10-21(20)32-2)13-26-27-23(29)17-12-16(25)6-7-18(17)28/h4-13,28H,1-3H3,(H,27,29)/b26-13-. The van der Waals surface area contributed by atoms with Gasteiger partial charge < -0.3 is 24.1 Å². The molecule has 3 aromatic carbocycles. The molecule has 9 nitrogen and oxygen atoms in total. The van der Waals surface area contributed by atoms with Crippen molar-refractivity contribution in [2.45, 2.75) is 0 Å². The molecule has 0 fully saturated rings. The molecule has 2 N–H and O–H groups in total. The second-order valence-electron chi connectivity index (χ2n) is 6.73. The summed E-state index contributed by atoms with van der Waals surface area (Å²) in [4.78, 5) is 24.8. The van der Waals surface area contributed by atoms with E-state index >= 15 is 0 Å². The highest BCUT2D eigenvalue weighted by Gasteiger charge is 2.16. The second kappa shape index (κ2) is 11.2. The van der Waals surface area contributed by atoms with Crippen molar-refractivity contribution in [1.29, 1.82) is 0 Å². The van der Waals surface area contributed by atoms with Gasteiger partial charge in [-0.3, -0.25) is 4.79 Å². The maximum absolute atomic E-state index is 12.6. The number of nitrogens with one attached hydrogen (secondary N) is 1. The lowest BCUT2D eigenvalue weighted by Gasteiger charge is -2.11. The first-order valence-electron chi connectivity index (χ1n) is 9.80. The van der Waals surface area contributed by atoms with Crippen LogP contribution in [0.4, 0.5) is 0 Å². The van der Waals surface area contributed by atoms with Crippen LogP contribution in [0.1, 0.15) is 26.3 Å². The van der Waals surface area contributed by atoms with Crippen LogP contribution in [-0.2, 0) is 0 Å². The van der Waals surface area contributed by atoms with Gasteiger partial charge in [-0.05, 0) is 60.2 Å². The van der Waals surface area contributed by atoms with Gasteiger partial charge in [0.25, 0.3) is 5.91 Å². The fourth-order valence-electron chi connectivity index (χ4n) is 2.89. The minimum absolute atomic E-state index is 0.0709. The maximum atomic E-state index is 12.6. The Morgan fingerprint density at radius 2 is 1.56 bits per heavy atom. The fourth-order valence-corrected chi connectivity index (χ4v) is 3.25. The van der Waals surface area contributed by atoms with Crippen molar-refractivity contribution in [2.24, 2.45) is 5.10 Å². The molecule has 0 radical (unpaired) electrons. The van der Waals surface area contributed by atoms with E-state index < -0.39 is 11.9 Å². The van der Waals surface area contributed by atoms with E-state index in [9.17, 15) is 14.7 Å². The minimum atomic E-state index is -0.609. The number of esters is 1. The summed E-state index contributed by atoms with van der Waals surface area (Å²) < 4.78 is 21.8. The molecule has 0 aromatic heterocycles. The number of nitrogens with zero attached hydrogens (tertiary/aromatic N) is 1. The van der Waals surface area contributed by atoms with Crippen LogP contribution < -0.4 is 24.4 Å². The molecule has 0 saturated heterocycles. The van der Waals surface area contributed by atoms with Gasteiger partial charge in [0.05, 0.1) is 38.7 Å². The normalized spacial score (nSPS) is 10.6. The predicted octanol–water partition coefficient (Wildman–Crippen LogP) is 4.16. The Balaban J connectivity index is 1.71. The molecule has 0 unspecified atom stereocenters. The predicted molar refractivity (Wildman–Crippen MR) is 128 cm³/mol. The summed E-state index contributed by atoms with van der Waals surface area (Å²) in [6.45, 7) is 0. The van der Waals surface area contributed by atoms with Crippen LogP contribution in [0.15, 0.2) is 64.2 Å².